The van der Waals surface area contributed by atoms with E-state index in [0.717, 1.165) is 45.3 Å². The monoisotopic (exact) mass is 836 g/mol. The largest absolute Gasteiger partial charge is 0.396 e. The van der Waals surface area contributed by atoms with Crippen molar-refractivity contribution >= 4 is 34.6 Å². The number of aliphatic hydroxyl groups is 1. The molecule has 1 unspecified atom stereocenters. The fourth-order valence-corrected chi connectivity index (χ4v) is 10.7. The van der Waals surface area contributed by atoms with Gasteiger partial charge in [-0.3, -0.25) is 0 Å². The van der Waals surface area contributed by atoms with E-state index in [1.54, 1.807) is 16.7 Å². The first kappa shape index (κ1) is 46.5. The van der Waals surface area contributed by atoms with Crippen molar-refractivity contribution < 1.29 is 33.8 Å². The van der Waals surface area contributed by atoms with Crippen LogP contribution in [0.1, 0.15) is 139 Å². The third-order valence-corrected chi connectivity index (χ3v) is 13.4. The minimum atomic E-state index is -0.00311. The number of aryl methyl sites for hydroxylation is 2. The fraction of sp³-hybridized carbons (Fsp3) is 0.455. The van der Waals surface area contributed by atoms with Gasteiger partial charge in [0.2, 0.25) is 0 Å². The molecule has 326 valence electrons. The van der Waals surface area contributed by atoms with Gasteiger partial charge in [0.1, 0.15) is 0 Å². The maximum atomic E-state index is 9.50. The maximum absolute atomic E-state index is 9.50. The van der Waals surface area contributed by atoms with Crippen LogP contribution in [0.4, 0.5) is 0 Å². The average Bonchev–Trinajstić information content (AvgIpc) is 3.87. The van der Waals surface area contributed by atoms with Crippen LogP contribution in [0.25, 0.3) is 22.3 Å². The number of hydrogen-bond donors (Lipinski definition) is 1. The van der Waals surface area contributed by atoms with E-state index in [1.165, 1.54) is 138 Å². The van der Waals surface area contributed by atoms with Crippen molar-refractivity contribution in [2.24, 2.45) is 11.8 Å². The number of benzene rings is 4. The van der Waals surface area contributed by atoms with Crippen molar-refractivity contribution in [2.45, 2.75) is 129 Å². The first-order valence-corrected chi connectivity index (χ1v) is 23.1. The molecule has 2 saturated carbocycles. The zero-order valence-electron chi connectivity index (χ0n) is 36.9. The second kappa shape index (κ2) is 24.0. The van der Waals surface area contributed by atoms with Crippen LogP contribution in [0.5, 0.6) is 0 Å². The second-order valence-electron chi connectivity index (χ2n) is 17.5. The highest BCUT2D eigenvalue weighted by Gasteiger charge is 2.32. The highest BCUT2D eigenvalue weighted by molar-refractivity contribution is 5.99. The van der Waals surface area contributed by atoms with Crippen LogP contribution in [0.2, 0.25) is 0 Å². The van der Waals surface area contributed by atoms with E-state index in [2.05, 4.69) is 98.8 Å². The number of carbonyl (C=O) groups excluding carboxylic acids is 4. The molecule has 5 aliphatic rings. The lowest BCUT2D eigenvalue weighted by atomic mass is 9.79. The van der Waals surface area contributed by atoms with Gasteiger partial charge in [-0.05, 0) is 163 Å². The number of allylic oxidation sites excluding steroid dienone is 4. The quantitative estimate of drug-likeness (QED) is 0.169. The molecule has 62 heavy (non-hydrogen) atoms. The molecule has 1 heterocycles. The number of fused-ring (bicyclic) bond motifs is 2. The van der Waals surface area contributed by atoms with Crippen LogP contribution in [-0.4, -0.2) is 43.5 Å². The Kier molecular flexibility index (Phi) is 18.0. The SMILES string of the molecule is Cc1ccc2c(c1)CC(c1ccccc1CCO)=C2C1CCCCC1.Cc1ccc2c(c1)CC(c1ccccc1CCOC1CCCCO1)=C2C1CCCCC1.O=C=O.O=C=O. The molecule has 1 atom stereocenters. The minimum absolute atomic E-state index is 0.00311. The van der Waals surface area contributed by atoms with Crippen molar-refractivity contribution in [1.29, 1.82) is 0 Å². The Morgan fingerprint density at radius 2 is 1.02 bits per heavy atom. The van der Waals surface area contributed by atoms with Crippen LogP contribution in [0.3, 0.4) is 0 Å². The van der Waals surface area contributed by atoms with E-state index in [4.69, 9.17) is 28.7 Å². The number of aliphatic hydroxyl groups excluding tert-OH is 1. The smallest absolute Gasteiger partial charge is 0.373 e. The number of ether oxygens (including phenoxy) is 2. The molecule has 1 aliphatic heterocycles. The standard InChI is InChI=1S/C29H36O2.C24H28O.2CO2/c1-21-14-15-26-24(19-21)20-27(29(26)23-10-3-2-4-11-23)25-12-6-5-9-22(25)16-18-31-28-13-7-8-17-30-28;1-17-11-12-22-20(15-17)16-23(24(22)19-8-3-2-4-9-19)21-10-6-5-7-18(21)13-14-25;2*2-1-3/h5-6,9,12,14-15,19,23,28H,2-4,7-8,10-11,13,16-18,20H2,1H3;5-7,10-12,15,19,25H,2-4,8-9,13-14,16H2,1H3;;. The van der Waals surface area contributed by atoms with Gasteiger partial charge >= 0.3 is 12.3 Å². The first-order chi connectivity index (χ1) is 30.4. The predicted octanol–water partition coefficient (Wildman–Crippen LogP) is 11.5. The van der Waals surface area contributed by atoms with Crippen molar-refractivity contribution in [3.8, 4) is 0 Å². The molecule has 4 aromatic rings. The lowest BCUT2D eigenvalue weighted by molar-refractivity contribution is -0.193. The first-order valence-electron chi connectivity index (χ1n) is 23.1. The second-order valence-corrected chi connectivity index (χ2v) is 17.5. The van der Waals surface area contributed by atoms with Gasteiger partial charge in [0, 0.05) is 13.2 Å². The molecule has 0 aromatic heterocycles. The third kappa shape index (κ3) is 11.9. The molecule has 4 aromatic carbocycles. The van der Waals surface area contributed by atoms with Gasteiger partial charge in [-0.1, -0.05) is 135 Å². The average molecular weight is 837 g/mol. The molecule has 9 rings (SSSR count). The van der Waals surface area contributed by atoms with E-state index in [9.17, 15) is 5.11 Å². The molecule has 0 radical (unpaired) electrons. The van der Waals surface area contributed by atoms with E-state index in [-0.39, 0.29) is 25.2 Å². The third-order valence-electron chi connectivity index (χ3n) is 13.4. The summed E-state index contributed by atoms with van der Waals surface area (Å²) in [6.45, 7) is 6.21. The summed E-state index contributed by atoms with van der Waals surface area (Å²) in [7, 11) is 0. The zero-order valence-corrected chi connectivity index (χ0v) is 36.9. The zero-order chi connectivity index (χ0) is 43.7. The summed E-state index contributed by atoms with van der Waals surface area (Å²) in [5.74, 6) is 1.42. The Balaban J connectivity index is 0.000000187. The van der Waals surface area contributed by atoms with Crippen LogP contribution in [0, 0.1) is 25.7 Å². The van der Waals surface area contributed by atoms with Crippen molar-refractivity contribution in [1.82, 2.24) is 0 Å². The molecule has 1 saturated heterocycles. The van der Waals surface area contributed by atoms with Crippen LogP contribution in [-0.2, 0) is 54.3 Å². The fourth-order valence-electron chi connectivity index (χ4n) is 10.7. The lowest BCUT2D eigenvalue weighted by Gasteiger charge is -2.26. The Morgan fingerprint density at radius 3 is 1.47 bits per heavy atom. The van der Waals surface area contributed by atoms with E-state index in [1.807, 2.05) is 0 Å². The molecule has 0 bridgehead atoms. The van der Waals surface area contributed by atoms with Gasteiger partial charge in [0.25, 0.3) is 0 Å². The molecular formula is C55H64O7. The number of hydrogen-bond acceptors (Lipinski definition) is 7. The van der Waals surface area contributed by atoms with E-state index >= 15 is 0 Å². The van der Waals surface area contributed by atoms with Crippen molar-refractivity contribution in [3.63, 3.8) is 0 Å². The predicted molar refractivity (Wildman–Crippen MR) is 243 cm³/mol. The van der Waals surface area contributed by atoms with Gasteiger partial charge in [-0.25, -0.2) is 0 Å². The number of rotatable bonds is 10. The Hall–Kier alpha value is -5.00. The van der Waals surface area contributed by atoms with E-state index < -0.39 is 0 Å². The summed E-state index contributed by atoms with van der Waals surface area (Å²) < 4.78 is 11.9. The van der Waals surface area contributed by atoms with Gasteiger partial charge in [-0.15, -0.1) is 0 Å². The molecule has 4 aliphatic carbocycles. The maximum Gasteiger partial charge on any atom is 0.373 e. The molecule has 7 heteroatoms. The molecule has 0 amide bonds. The van der Waals surface area contributed by atoms with Crippen LogP contribution < -0.4 is 0 Å². The highest BCUT2D eigenvalue weighted by atomic mass is 16.7. The summed E-state index contributed by atoms with van der Waals surface area (Å²) in [6, 6.07) is 31.9. The minimum Gasteiger partial charge on any atom is -0.396 e. The Labute approximate surface area is 368 Å². The van der Waals surface area contributed by atoms with Gasteiger partial charge < -0.3 is 14.6 Å². The summed E-state index contributed by atoms with van der Waals surface area (Å²) in [4.78, 5) is 32.5. The van der Waals surface area contributed by atoms with Crippen LogP contribution in [0.15, 0.2) is 84.9 Å². The van der Waals surface area contributed by atoms with Crippen molar-refractivity contribution in [3.05, 3.63) is 141 Å². The van der Waals surface area contributed by atoms with Gasteiger partial charge in [0.15, 0.2) is 6.29 Å². The van der Waals surface area contributed by atoms with Crippen LogP contribution >= 0.6 is 0 Å². The molecular weight excluding hydrogens is 773 g/mol. The molecule has 1 N–H and O–H groups in total. The normalized spacial score (nSPS) is 18.5. The topological polar surface area (TPSA) is 107 Å². The van der Waals surface area contributed by atoms with Crippen molar-refractivity contribution in [2.75, 3.05) is 19.8 Å². The summed E-state index contributed by atoms with van der Waals surface area (Å²) in [6.07, 6.45) is 21.3. The summed E-state index contributed by atoms with van der Waals surface area (Å²) in [5, 5.41) is 9.50. The molecule has 0 spiro atoms. The van der Waals surface area contributed by atoms with E-state index in [0.29, 0.717) is 11.8 Å². The van der Waals surface area contributed by atoms with Gasteiger partial charge in [-0.2, -0.15) is 19.2 Å². The molecule has 3 fully saturated rings. The highest BCUT2D eigenvalue weighted by Crippen LogP contribution is 2.49. The lowest BCUT2D eigenvalue weighted by Crippen LogP contribution is -2.23. The molecule has 7 nitrogen and oxygen atoms in total. The summed E-state index contributed by atoms with van der Waals surface area (Å²) in [5.41, 5.74) is 20.7. The Morgan fingerprint density at radius 1 is 0.565 bits per heavy atom. The van der Waals surface area contributed by atoms with Gasteiger partial charge in [0.05, 0.1) is 6.61 Å². The Bertz CT molecular complexity index is 2210. The summed E-state index contributed by atoms with van der Waals surface area (Å²) >= 11 is 0.